The second-order valence-electron chi connectivity index (χ2n) is 3.26. The number of thiazole rings is 1. The smallest absolute Gasteiger partial charge is 0.410 e. The third-order valence-electron chi connectivity index (χ3n) is 2.07. The van der Waals surface area contributed by atoms with E-state index in [4.69, 9.17) is 5.11 Å². The Kier molecular flexibility index (Phi) is 3.20. The summed E-state index contributed by atoms with van der Waals surface area (Å²) in [6.45, 7) is 0. The van der Waals surface area contributed by atoms with Crippen molar-refractivity contribution in [1.82, 2.24) is 4.98 Å². The minimum atomic E-state index is -1.08. The van der Waals surface area contributed by atoms with Gasteiger partial charge < -0.3 is 5.11 Å². The highest BCUT2D eigenvalue weighted by atomic mass is 32.1. The number of hydrogen-bond acceptors (Lipinski definition) is 5. The molecule has 0 saturated carbocycles. The van der Waals surface area contributed by atoms with E-state index in [2.05, 4.69) is 10.3 Å². The predicted molar refractivity (Wildman–Crippen MR) is 65.9 cm³/mol. The monoisotopic (exact) mass is 265 g/mol. The van der Waals surface area contributed by atoms with Crippen molar-refractivity contribution < 1.29 is 14.8 Å². The van der Waals surface area contributed by atoms with Gasteiger partial charge in [0.05, 0.1) is 10.5 Å². The highest BCUT2D eigenvalue weighted by Crippen LogP contribution is 2.42. The second kappa shape index (κ2) is 4.80. The Labute approximate surface area is 105 Å². The normalized spacial score (nSPS) is 10.0. The lowest BCUT2D eigenvalue weighted by atomic mass is 10.5. The van der Waals surface area contributed by atoms with Crippen LogP contribution in [0.3, 0.4) is 0 Å². The summed E-state index contributed by atoms with van der Waals surface area (Å²) in [5, 5.41) is 22.5. The van der Waals surface area contributed by atoms with E-state index in [1.54, 1.807) is 17.5 Å². The topological polar surface area (TPSA) is 105 Å². The maximum Gasteiger partial charge on any atom is 0.410 e. The summed E-state index contributed by atoms with van der Waals surface area (Å²) in [6, 6.07) is 5.09. The van der Waals surface area contributed by atoms with Gasteiger partial charge in [0.2, 0.25) is 0 Å². The molecule has 2 aliphatic rings. The second-order valence-corrected chi connectivity index (χ2v) is 4.15. The fraction of sp³-hybridized carbons (Fsp3) is 0. The summed E-state index contributed by atoms with van der Waals surface area (Å²) >= 11 is 1.25. The van der Waals surface area contributed by atoms with E-state index >= 15 is 0 Å². The van der Waals surface area contributed by atoms with E-state index in [1.165, 1.54) is 23.6 Å². The predicted octanol–water partition coefficient (Wildman–Crippen LogP) is 2.81. The van der Waals surface area contributed by atoms with E-state index in [-0.39, 0.29) is 10.6 Å². The quantitative estimate of drug-likeness (QED) is 0.547. The van der Waals surface area contributed by atoms with E-state index in [9.17, 15) is 14.9 Å². The third kappa shape index (κ3) is 2.80. The van der Waals surface area contributed by atoms with Gasteiger partial charge in [0, 0.05) is 17.6 Å². The average Bonchev–Trinajstić information content (AvgIpc) is 2.76. The molecule has 1 aromatic heterocycles. The number of carbonyl (C=O) groups is 1. The van der Waals surface area contributed by atoms with Crippen LogP contribution in [0.2, 0.25) is 0 Å². The largest absolute Gasteiger partial charge is 0.465 e. The molecule has 0 aromatic carbocycles. The summed E-state index contributed by atoms with van der Waals surface area (Å²) in [6.07, 6.45) is 0.459. The molecule has 18 heavy (non-hydrogen) atoms. The van der Waals surface area contributed by atoms with E-state index in [0.29, 0.717) is 5.13 Å². The van der Waals surface area contributed by atoms with Crippen molar-refractivity contribution in [2.45, 2.75) is 0 Å². The number of nitrogens with one attached hydrogen (secondary N) is 1. The zero-order valence-corrected chi connectivity index (χ0v) is 9.68. The Balaban J connectivity index is 0.000000134. The van der Waals surface area contributed by atoms with Crippen LogP contribution in [-0.4, -0.2) is 21.1 Å². The fourth-order valence-corrected chi connectivity index (χ4v) is 1.79. The number of nitrogens with zero attached hydrogens (tertiary/aromatic N) is 2. The Hall–Kier alpha value is -2.48. The molecule has 0 bridgehead atoms. The van der Waals surface area contributed by atoms with Gasteiger partial charge in [-0.2, -0.15) is 0 Å². The van der Waals surface area contributed by atoms with Crippen molar-refractivity contribution in [1.29, 1.82) is 0 Å². The van der Waals surface area contributed by atoms with Crippen LogP contribution in [0, 0.1) is 10.1 Å². The number of anilines is 1. The molecule has 0 radical (unpaired) electrons. The van der Waals surface area contributed by atoms with E-state index in [1.807, 2.05) is 0 Å². The third-order valence-corrected chi connectivity index (χ3v) is 2.76. The molecule has 2 aliphatic carbocycles. The van der Waals surface area contributed by atoms with Crippen LogP contribution in [0.1, 0.15) is 0 Å². The number of nitro benzene ring substituents is 1. The van der Waals surface area contributed by atoms with Gasteiger partial charge in [-0.3, -0.25) is 15.4 Å². The molecule has 1 aromatic rings. The Morgan fingerprint density at radius 1 is 1.50 bits per heavy atom. The van der Waals surface area contributed by atoms with Gasteiger partial charge in [-0.1, -0.05) is 0 Å². The van der Waals surface area contributed by atoms with E-state index in [0.717, 1.165) is 11.1 Å². The summed E-state index contributed by atoms with van der Waals surface area (Å²) in [7, 11) is 0. The molecular weight excluding hydrogens is 258 g/mol. The van der Waals surface area contributed by atoms with E-state index < -0.39 is 6.09 Å². The highest BCUT2D eigenvalue weighted by Gasteiger charge is 2.24. The van der Waals surface area contributed by atoms with Gasteiger partial charge in [0.1, 0.15) is 0 Å². The first-order valence-electron chi connectivity index (χ1n) is 4.76. The summed E-state index contributed by atoms with van der Waals surface area (Å²) in [5.74, 6) is 0. The molecule has 7 nitrogen and oxygen atoms in total. The van der Waals surface area contributed by atoms with Crippen LogP contribution < -0.4 is 5.32 Å². The zero-order chi connectivity index (χ0) is 13.1. The molecule has 8 heteroatoms. The van der Waals surface area contributed by atoms with Crippen molar-refractivity contribution >= 4 is 28.2 Å². The SMILES string of the molecule is O=C(O)Nc1nccs1.O=[N+]([O-])c1ccc2cc1-2. The van der Waals surface area contributed by atoms with Gasteiger partial charge in [0.25, 0.3) is 5.69 Å². The number of nitro groups is 1. The number of carboxylic acid groups (broad SMARTS) is 1. The Morgan fingerprint density at radius 3 is 2.61 bits per heavy atom. The maximum absolute atomic E-state index is 10.1. The number of amides is 1. The summed E-state index contributed by atoms with van der Waals surface area (Å²) < 4.78 is 0. The van der Waals surface area contributed by atoms with Crippen LogP contribution in [0.4, 0.5) is 15.6 Å². The first kappa shape index (κ1) is 12.0. The van der Waals surface area contributed by atoms with Crippen molar-refractivity contribution in [2.75, 3.05) is 5.32 Å². The molecule has 1 heterocycles. The Bertz CT molecular complexity index is 597. The van der Waals surface area contributed by atoms with Gasteiger partial charge in [-0.15, -0.1) is 11.3 Å². The first-order valence-corrected chi connectivity index (χ1v) is 5.64. The number of fused-ring (bicyclic) bond motifs is 1. The lowest BCUT2D eigenvalue weighted by molar-refractivity contribution is -0.383. The maximum atomic E-state index is 10.1. The van der Waals surface area contributed by atoms with Gasteiger partial charge in [-0.05, 0) is 17.7 Å². The Morgan fingerprint density at radius 2 is 2.28 bits per heavy atom. The molecule has 0 fully saturated rings. The molecule has 0 spiro atoms. The number of aromatic nitrogens is 1. The molecule has 92 valence electrons. The van der Waals surface area contributed by atoms with Gasteiger partial charge in [-0.25, -0.2) is 9.78 Å². The number of benzene rings is 1. The number of hydrogen-bond donors (Lipinski definition) is 2. The van der Waals surface area contributed by atoms with Crippen LogP contribution in [0.25, 0.3) is 11.1 Å². The molecular formula is C10H7N3O4S. The minimum absolute atomic E-state index is 0.241. The van der Waals surface area contributed by atoms with Gasteiger partial charge in [0.15, 0.2) is 5.13 Å². The molecule has 3 rings (SSSR count). The fourth-order valence-electron chi connectivity index (χ4n) is 1.27. The molecule has 2 N–H and O–H groups in total. The van der Waals surface area contributed by atoms with Crippen LogP contribution in [-0.2, 0) is 0 Å². The zero-order valence-electron chi connectivity index (χ0n) is 8.86. The standard InChI is InChI=1S/C6H3NO2.C4H4N2O2S/c8-7(9)6-2-1-4-3-5(4)6;7-4(8)6-3-5-1-2-9-3/h1-3H;1-2H,(H,5,6)(H,7,8). The van der Waals surface area contributed by atoms with Gasteiger partial charge >= 0.3 is 6.09 Å². The molecule has 1 amide bonds. The lowest BCUT2D eigenvalue weighted by Crippen LogP contribution is -2.06. The highest BCUT2D eigenvalue weighted by molar-refractivity contribution is 7.13. The summed E-state index contributed by atoms with van der Waals surface area (Å²) in [5.41, 5.74) is 2.06. The van der Waals surface area contributed by atoms with Crippen molar-refractivity contribution in [2.24, 2.45) is 0 Å². The van der Waals surface area contributed by atoms with Crippen LogP contribution in [0.5, 0.6) is 0 Å². The van der Waals surface area contributed by atoms with Crippen molar-refractivity contribution in [3.8, 4) is 11.1 Å². The summed E-state index contributed by atoms with van der Waals surface area (Å²) in [4.78, 5) is 23.3. The van der Waals surface area contributed by atoms with Crippen molar-refractivity contribution in [3.05, 3.63) is 39.9 Å². The minimum Gasteiger partial charge on any atom is -0.465 e. The molecule has 0 saturated heterocycles. The molecule has 0 unspecified atom stereocenters. The molecule has 0 aliphatic heterocycles. The van der Waals surface area contributed by atoms with Crippen molar-refractivity contribution in [3.63, 3.8) is 0 Å². The molecule has 0 atom stereocenters. The number of rotatable bonds is 2. The van der Waals surface area contributed by atoms with Crippen LogP contribution in [0.15, 0.2) is 29.8 Å². The average molecular weight is 265 g/mol. The van der Waals surface area contributed by atoms with Crippen LogP contribution >= 0.6 is 11.3 Å². The lowest BCUT2D eigenvalue weighted by Gasteiger charge is -1.89. The first-order chi connectivity index (χ1) is 8.58.